The van der Waals surface area contributed by atoms with Gasteiger partial charge in [0.2, 0.25) is 5.91 Å². The monoisotopic (exact) mass is 429 g/mol. The van der Waals surface area contributed by atoms with Gasteiger partial charge in [0.25, 0.3) is 0 Å². The summed E-state index contributed by atoms with van der Waals surface area (Å²) in [6.45, 7) is 0.710. The Labute approximate surface area is 189 Å². The SMILES string of the molecule is NC[C@H]1CC[C@H](C(=O)NC(Cc2ccccc2)c2cc(-c3ccnc(N)c3)ccn2)CC1. The molecule has 0 bridgehead atoms. The third kappa shape index (κ3) is 5.51. The summed E-state index contributed by atoms with van der Waals surface area (Å²) < 4.78 is 0. The van der Waals surface area contributed by atoms with Gasteiger partial charge < -0.3 is 16.8 Å². The van der Waals surface area contributed by atoms with Gasteiger partial charge in [-0.1, -0.05) is 30.3 Å². The van der Waals surface area contributed by atoms with E-state index in [-0.39, 0.29) is 17.9 Å². The molecule has 0 spiro atoms. The number of pyridine rings is 2. The third-order valence-corrected chi connectivity index (χ3v) is 6.40. The van der Waals surface area contributed by atoms with Crippen molar-refractivity contribution < 1.29 is 4.79 Å². The Bertz CT molecular complexity index is 1030. The topological polar surface area (TPSA) is 107 Å². The second-order valence-corrected chi connectivity index (χ2v) is 8.64. The van der Waals surface area contributed by atoms with Crippen LogP contribution in [0.25, 0.3) is 11.1 Å². The summed E-state index contributed by atoms with van der Waals surface area (Å²) in [6.07, 6.45) is 8.01. The lowest BCUT2D eigenvalue weighted by atomic mass is 9.81. The predicted molar refractivity (Wildman–Crippen MR) is 127 cm³/mol. The molecule has 2 aromatic heterocycles. The Morgan fingerprint density at radius 3 is 2.34 bits per heavy atom. The van der Waals surface area contributed by atoms with Gasteiger partial charge >= 0.3 is 0 Å². The maximum atomic E-state index is 13.2. The summed E-state index contributed by atoms with van der Waals surface area (Å²) in [7, 11) is 0. The van der Waals surface area contributed by atoms with Crippen LogP contribution in [0.15, 0.2) is 67.0 Å². The predicted octanol–water partition coefficient (Wildman–Crippen LogP) is 3.89. The van der Waals surface area contributed by atoms with E-state index in [1.807, 2.05) is 42.5 Å². The number of nitrogens with two attached hydrogens (primary N) is 2. The number of nitrogen functional groups attached to an aromatic ring is 1. The number of anilines is 1. The van der Waals surface area contributed by atoms with Gasteiger partial charge in [0.1, 0.15) is 5.82 Å². The van der Waals surface area contributed by atoms with E-state index in [0.717, 1.165) is 48.1 Å². The van der Waals surface area contributed by atoms with Gasteiger partial charge in [-0.25, -0.2) is 4.98 Å². The molecule has 1 aromatic carbocycles. The zero-order valence-electron chi connectivity index (χ0n) is 18.3. The molecule has 0 radical (unpaired) electrons. The highest BCUT2D eigenvalue weighted by molar-refractivity contribution is 5.79. The number of hydrogen-bond donors (Lipinski definition) is 3. The molecule has 1 amide bonds. The number of carbonyl (C=O) groups excluding carboxylic acids is 1. The van der Waals surface area contributed by atoms with Crippen LogP contribution >= 0.6 is 0 Å². The van der Waals surface area contributed by atoms with E-state index < -0.39 is 0 Å². The molecule has 6 nitrogen and oxygen atoms in total. The number of rotatable bonds is 7. The van der Waals surface area contributed by atoms with E-state index in [1.54, 1.807) is 12.4 Å². The number of benzene rings is 1. The highest BCUT2D eigenvalue weighted by Crippen LogP contribution is 2.30. The largest absolute Gasteiger partial charge is 0.384 e. The fraction of sp³-hybridized carbons (Fsp3) is 0.346. The second kappa shape index (κ2) is 10.4. The lowest BCUT2D eigenvalue weighted by Crippen LogP contribution is -2.37. The number of nitrogens with zero attached hydrogens (tertiary/aromatic N) is 2. The lowest BCUT2D eigenvalue weighted by molar-refractivity contribution is -0.127. The van der Waals surface area contributed by atoms with Gasteiger partial charge in [-0.3, -0.25) is 9.78 Å². The zero-order valence-corrected chi connectivity index (χ0v) is 18.3. The van der Waals surface area contributed by atoms with Crippen LogP contribution < -0.4 is 16.8 Å². The molecule has 6 heteroatoms. The van der Waals surface area contributed by atoms with Crippen molar-refractivity contribution in [3.63, 3.8) is 0 Å². The van der Waals surface area contributed by atoms with Crippen LogP contribution in [0.1, 0.15) is 43.0 Å². The normalized spacial score (nSPS) is 19.3. The van der Waals surface area contributed by atoms with Crippen molar-refractivity contribution in [2.75, 3.05) is 12.3 Å². The number of hydrogen-bond acceptors (Lipinski definition) is 5. The first-order chi connectivity index (χ1) is 15.6. The summed E-state index contributed by atoms with van der Waals surface area (Å²) >= 11 is 0. The fourth-order valence-electron chi connectivity index (χ4n) is 4.48. The molecular formula is C26H31N5O. The van der Waals surface area contributed by atoms with Crippen LogP contribution in [0.4, 0.5) is 5.82 Å². The molecule has 3 aromatic rings. The second-order valence-electron chi connectivity index (χ2n) is 8.64. The van der Waals surface area contributed by atoms with Crippen molar-refractivity contribution in [3.05, 3.63) is 78.2 Å². The molecule has 166 valence electrons. The van der Waals surface area contributed by atoms with Gasteiger partial charge in [0.15, 0.2) is 0 Å². The molecule has 1 saturated carbocycles. The van der Waals surface area contributed by atoms with Gasteiger partial charge in [-0.15, -0.1) is 0 Å². The van der Waals surface area contributed by atoms with Crippen molar-refractivity contribution in [2.24, 2.45) is 17.6 Å². The quantitative estimate of drug-likeness (QED) is 0.528. The maximum absolute atomic E-state index is 13.2. The van der Waals surface area contributed by atoms with Gasteiger partial charge in [-0.2, -0.15) is 0 Å². The van der Waals surface area contributed by atoms with E-state index in [2.05, 4.69) is 27.4 Å². The van der Waals surface area contributed by atoms with Crippen LogP contribution in [0.2, 0.25) is 0 Å². The number of carbonyl (C=O) groups is 1. The van der Waals surface area contributed by atoms with Crippen molar-refractivity contribution in [1.82, 2.24) is 15.3 Å². The Morgan fingerprint density at radius 1 is 0.969 bits per heavy atom. The molecule has 5 N–H and O–H groups in total. The molecule has 0 saturated heterocycles. The van der Waals surface area contributed by atoms with Crippen LogP contribution in [0.5, 0.6) is 0 Å². The van der Waals surface area contributed by atoms with Crippen molar-refractivity contribution in [1.29, 1.82) is 0 Å². The van der Waals surface area contributed by atoms with E-state index in [4.69, 9.17) is 11.5 Å². The maximum Gasteiger partial charge on any atom is 0.223 e. The van der Waals surface area contributed by atoms with E-state index in [1.165, 1.54) is 0 Å². The first-order valence-electron chi connectivity index (χ1n) is 11.3. The van der Waals surface area contributed by atoms with E-state index in [9.17, 15) is 4.79 Å². The van der Waals surface area contributed by atoms with Crippen LogP contribution in [0.3, 0.4) is 0 Å². The standard InChI is InChI=1S/C26H31N5O/c27-17-19-6-8-20(9-7-19)26(32)31-24(14-18-4-2-1-3-5-18)23-15-21(10-12-29-23)22-11-13-30-25(28)16-22/h1-5,10-13,15-16,19-20,24H,6-9,14,17,27H2,(H2,28,30)(H,31,32)/t19-,20-,24?. The minimum Gasteiger partial charge on any atom is -0.384 e. The molecule has 0 aliphatic heterocycles. The zero-order chi connectivity index (χ0) is 22.3. The van der Waals surface area contributed by atoms with Crippen LogP contribution in [-0.2, 0) is 11.2 Å². The van der Waals surface area contributed by atoms with Crippen molar-refractivity contribution >= 4 is 11.7 Å². The third-order valence-electron chi connectivity index (χ3n) is 6.40. The highest BCUT2D eigenvalue weighted by atomic mass is 16.1. The summed E-state index contributed by atoms with van der Waals surface area (Å²) in [5, 5.41) is 3.30. The Morgan fingerprint density at radius 2 is 1.66 bits per heavy atom. The minimum absolute atomic E-state index is 0.0410. The average Bonchev–Trinajstić information content (AvgIpc) is 2.84. The Kier molecular flexibility index (Phi) is 7.12. The van der Waals surface area contributed by atoms with Gasteiger partial charge in [-0.05, 0) is 85.5 Å². The fourth-order valence-corrected chi connectivity index (χ4v) is 4.48. The molecule has 1 atom stereocenters. The minimum atomic E-state index is -0.212. The van der Waals surface area contributed by atoms with Crippen molar-refractivity contribution in [3.8, 4) is 11.1 Å². The van der Waals surface area contributed by atoms with Crippen LogP contribution in [-0.4, -0.2) is 22.4 Å². The van der Waals surface area contributed by atoms with E-state index >= 15 is 0 Å². The summed E-state index contributed by atoms with van der Waals surface area (Å²) in [5.74, 6) is 1.18. The molecule has 1 aliphatic rings. The summed E-state index contributed by atoms with van der Waals surface area (Å²) in [5.41, 5.74) is 15.7. The lowest BCUT2D eigenvalue weighted by Gasteiger charge is -2.28. The molecule has 1 fully saturated rings. The number of aromatic nitrogens is 2. The number of amides is 1. The van der Waals surface area contributed by atoms with Gasteiger partial charge in [0, 0.05) is 18.3 Å². The van der Waals surface area contributed by atoms with Crippen LogP contribution in [0, 0.1) is 11.8 Å². The van der Waals surface area contributed by atoms with Crippen molar-refractivity contribution in [2.45, 2.75) is 38.1 Å². The molecule has 1 aliphatic carbocycles. The highest BCUT2D eigenvalue weighted by Gasteiger charge is 2.28. The number of nitrogens with one attached hydrogen (secondary N) is 1. The van der Waals surface area contributed by atoms with E-state index in [0.29, 0.717) is 24.7 Å². The first kappa shape index (κ1) is 22.0. The molecular weight excluding hydrogens is 398 g/mol. The molecule has 32 heavy (non-hydrogen) atoms. The summed E-state index contributed by atoms with van der Waals surface area (Å²) in [4.78, 5) is 21.9. The Hall–Kier alpha value is -3.25. The smallest absolute Gasteiger partial charge is 0.223 e. The summed E-state index contributed by atoms with van der Waals surface area (Å²) in [6, 6.07) is 17.8. The first-order valence-corrected chi connectivity index (χ1v) is 11.3. The molecule has 2 heterocycles. The molecule has 1 unspecified atom stereocenters. The average molecular weight is 430 g/mol. The molecule has 4 rings (SSSR count). The van der Waals surface area contributed by atoms with Gasteiger partial charge in [0.05, 0.1) is 11.7 Å². The Balaban J connectivity index is 1.57.